The quantitative estimate of drug-likeness (QED) is 0.789. The fourth-order valence-electron chi connectivity index (χ4n) is 3.05. The van der Waals surface area contributed by atoms with E-state index in [1.54, 1.807) is 0 Å². The molecule has 0 aromatic carbocycles. The van der Waals surface area contributed by atoms with Crippen molar-refractivity contribution < 1.29 is 19.0 Å². The van der Waals surface area contributed by atoms with E-state index in [0.717, 1.165) is 30.5 Å². The topological polar surface area (TPSA) is 62.6 Å². The molecule has 1 saturated heterocycles. The number of fused-ring (bicyclic) bond motifs is 1. The van der Waals surface area contributed by atoms with Gasteiger partial charge in [-0.3, -0.25) is 9.48 Å². The standard InChI is InChI=1S/C15H22N2O4/c1-14(2,9-13(18)19-3)17-10-11-8-15(20-6-7-21-15)5-4-12(11)16-17/h10H,4-9H2,1-3H3. The van der Waals surface area contributed by atoms with Crippen molar-refractivity contribution in [2.24, 2.45) is 0 Å². The first-order chi connectivity index (χ1) is 9.94. The molecule has 2 heterocycles. The second kappa shape index (κ2) is 5.10. The zero-order valence-corrected chi connectivity index (χ0v) is 12.8. The summed E-state index contributed by atoms with van der Waals surface area (Å²) >= 11 is 0. The number of hydrogen-bond donors (Lipinski definition) is 0. The van der Waals surface area contributed by atoms with Gasteiger partial charge < -0.3 is 14.2 Å². The van der Waals surface area contributed by atoms with Gasteiger partial charge in [0.2, 0.25) is 0 Å². The Hall–Kier alpha value is -1.40. The van der Waals surface area contributed by atoms with E-state index in [1.807, 2.05) is 24.7 Å². The molecule has 1 spiro atoms. The third kappa shape index (κ3) is 2.70. The van der Waals surface area contributed by atoms with Crippen LogP contribution < -0.4 is 0 Å². The Morgan fingerprint density at radius 2 is 2.19 bits per heavy atom. The van der Waals surface area contributed by atoms with E-state index in [9.17, 15) is 4.79 Å². The summed E-state index contributed by atoms with van der Waals surface area (Å²) in [6.45, 7) is 5.30. The van der Waals surface area contributed by atoms with Gasteiger partial charge in [-0.1, -0.05) is 0 Å². The molecule has 6 heteroatoms. The van der Waals surface area contributed by atoms with Crippen molar-refractivity contribution in [2.45, 2.75) is 50.9 Å². The molecule has 0 radical (unpaired) electrons. The molecule has 0 bridgehead atoms. The lowest BCUT2D eigenvalue weighted by molar-refractivity contribution is -0.163. The van der Waals surface area contributed by atoms with Crippen molar-refractivity contribution in [3.63, 3.8) is 0 Å². The number of carbonyl (C=O) groups excluding carboxylic acids is 1. The average Bonchev–Trinajstić information content (AvgIpc) is 3.05. The zero-order chi connectivity index (χ0) is 15.1. The van der Waals surface area contributed by atoms with Crippen molar-refractivity contribution in [1.29, 1.82) is 0 Å². The average molecular weight is 294 g/mol. The molecule has 1 aliphatic carbocycles. The van der Waals surface area contributed by atoms with Crippen LogP contribution in [-0.4, -0.2) is 41.9 Å². The van der Waals surface area contributed by atoms with E-state index >= 15 is 0 Å². The van der Waals surface area contributed by atoms with Crippen LogP contribution in [-0.2, 0) is 37.4 Å². The number of carbonyl (C=O) groups is 1. The number of esters is 1. The zero-order valence-electron chi connectivity index (χ0n) is 12.8. The highest BCUT2D eigenvalue weighted by atomic mass is 16.7. The lowest BCUT2D eigenvalue weighted by Crippen LogP contribution is -2.36. The Balaban J connectivity index is 1.81. The number of methoxy groups -OCH3 is 1. The smallest absolute Gasteiger partial charge is 0.307 e. The molecule has 21 heavy (non-hydrogen) atoms. The lowest BCUT2D eigenvalue weighted by atomic mass is 9.92. The van der Waals surface area contributed by atoms with Gasteiger partial charge in [-0.25, -0.2) is 0 Å². The van der Waals surface area contributed by atoms with E-state index in [4.69, 9.17) is 14.2 Å². The van der Waals surface area contributed by atoms with E-state index < -0.39 is 11.3 Å². The van der Waals surface area contributed by atoms with Gasteiger partial charge in [0.05, 0.1) is 38.0 Å². The maximum atomic E-state index is 11.5. The van der Waals surface area contributed by atoms with Gasteiger partial charge in [-0.2, -0.15) is 5.10 Å². The fourth-order valence-corrected chi connectivity index (χ4v) is 3.05. The minimum atomic E-state index is -0.451. The van der Waals surface area contributed by atoms with Crippen LogP contribution in [0.1, 0.15) is 37.9 Å². The first kappa shape index (κ1) is 14.5. The SMILES string of the molecule is COC(=O)CC(C)(C)n1cc2c(n1)CCC1(C2)OCCO1. The summed E-state index contributed by atoms with van der Waals surface area (Å²) in [7, 11) is 1.41. The summed E-state index contributed by atoms with van der Waals surface area (Å²) in [5, 5.41) is 4.66. The predicted octanol–water partition coefficient (Wildman–Crippen LogP) is 1.41. The summed E-state index contributed by atoms with van der Waals surface area (Å²) in [5.41, 5.74) is 1.83. The first-order valence-corrected chi connectivity index (χ1v) is 7.37. The molecule has 116 valence electrons. The number of aryl methyl sites for hydroxylation is 1. The third-order valence-electron chi connectivity index (χ3n) is 4.32. The normalized spacial score (nSPS) is 20.5. The second-order valence-corrected chi connectivity index (χ2v) is 6.40. The molecule has 6 nitrogen and oxygen atoms in total. The molecule has 0 saturated carbocycles. The van der Waals surface area contributed by atoms with Gasteiger partial charge >= 0.3 is 5.97 Å². The fraction of sp³-hybridized carbons (Fsp3) is 0.733. The van der Waals surface area contributed by atoms with Gasteiger partial charge in [-0.05, 0) is 25.8 Å². The lowest BCUT2D eigenvalue weighted by Gasteiger charge is -2.30. The molecule has 2 aliphatic rings. The Labute approximate surface area is 124 Å². The van der Waals surface area contributed by atoms with E-state index in [-0.39, 0.29) is 5.97 Å². The molecule has 0 N–H and O–H groups in total. The van der Waals surface area contributed by atoms with Gasteiger partial charge in [0.25, 0.3) is 0 Å². The summed E-state index contributed by atoms with van der Waals surface area (Å²) in [5.74, 6) is -0.680. The van der Waals surface area contributed by atoms with Crippen LogP contribution in [0.15, 0.2) is 6.20 Å². The second-order valence-electron chi connectivity index (χ2n) is 6.40. The molecule has 3 rings (SSSR count). The molecule has 1 fully saturated rings. The van der Waals surface area contributed by atoms with Crippen LogP contribution in [0.3, 0.4) is 0 Å². The number of hydrogen-bond acceptors (Lipinski definition) is 5. The van der Waals surface area contributed by atoms with Gasteiger partial charge in [-0.15, -0.1) is 0 Å². The van der Waals surface area contributed by atoms with Crippen LogP contribution in [0.2, 0.25) is 0 Å². The number of nitrogens with zero attached hydrogens (tertiary/aromatic N) is 2. The van der Waals surface area contributed by atoms with Crippen molar-refractivity contribution in [3.05, 3.63) is 17.5 Å². The maximum Gasteiger partial charge on any atom is 0.307 e. The number of ether oxygens (including phenoxy) is 3. The molecule has 1 aliphatic heterocycles. The van der Waals surface area contributed by atoms with Gasteiger partial charge in [0.1, 0.15) is 0 Å². The summed E-state index contributed by atoms with van der Waals surface area (Å²) < 4.78 is 18.2. The van der Waals surface area contributed by atoms with E-state index in [2.05, 4.69) is 5.10 Å². The molecular weight excluding hydrogens is 272 g/mol. The maximum absolute atomic E-state index is 11.5. The van der Waals surface area contributed by atoms with Crippen molar-refractivity contribution in [2.75, 3.05) is 20.3 Å². The summed E-state index contributed by atoms with van der Waals surface area (Å²) in [6, 6.07) is 0. The van der Waals surface area contributed by atoms with E-state index in [1.165, 1.54) is 7.11 Å². The molecule has 0 unspecified atom stereocenters. The highest BCUT2D eigenvalue weighted by molar-refractivity contribution is 5.70. The Bertz CT molecular complexity index is 544. The minimum absolute atomic E-state index is 0.229. The molecule has 1 aromatic rings. The van der Waals surface area contributed by atoms with Crippen molar-refractivity contribution >= 4 is 5.97 Å². The first-order valence-electron chi connectivity index (χ1n) is 7.37. The van der Waals surface area contributed by atoms with Crippen LogP contribution in [0, 0.1) is 0 Å². The van der Waals surface area contributed by atoms with Crippen molar-refractivity contribution in [1.82, 2.24) is 9.78 Å². The Kier molecular flexibility index (Phi) is 3.53. The van der Waals surface area contributed by atoms with Gasteiger partial charge in [0, 0.05) is 19.0 Å². The van der Waals surface area contributed by atoms with Crippen LogP contribution in [0.25, 0.3) is 0 Å². The molecule has 1 aromatic heterocycles. The summed E-state index contributed by atoms with van der Waals surface area (Å²) in [6.07, 6.45) is 4.73. The highest BCUT2D eigenvalue weighted by Crippen LogP contribution is 2.35. The van der Waals surface area contributed by atoms with Crippen LogP contribution >= 0.6 is 0 Å². The van der Waals surface area contributed by atoms with Crippen LogP contribution in [0.4, 0.5) is 0 Å². The largest absolute Gasteiger partial charge is 0.469 e. The monoisotopic (exact) mass is 294 g/mol. The molecule has 0 amide bonds. The van der Waals surface area contributed by atoms with Crippen molar-refractivity contribution in [3.8, 4) is 0 Å². The Morgan fingerprint density at radius 3 is 2.86 bits per heavy atom. The summed E-state index contributed by atoms with van der Waals surface area (Å²) in [4.78, 5) is 11.5. The number of aromatic nitrogens is 2. The predicted molar refractivity (Wildman–Crippen MR) is 74.8 cm³/mol. The Morgan fingerprint density at radius 1 is 1.48 bits per heavy atom. The van der Waals surface area contributed by atoms with E-state index in [0.29, 0.717) is 19.6 Å². The molecular formula is C15H22N2O4. The molecule has 0 atom stereocenters. The van der Waals surface area contributed by atoms with Gasteiger partial charge in [0.15, 0.2) is 5.79 Å². The minimum Gasteiger partial charge on any atom is -0.469 e. The number of rotatable bonds is 3. The third-order valence-corrected chi connectivity index (χ3v) is 4.32. The highest BCUT2D eigenvalue weighted by Gasteiger charge is 2.41. The van der Waals surface area contributed by atoms with Crippen LogP contribution in [0.5, 0.6) is 0 Å².